The number of ether oxygens (including phenoxy) is 4. The van der Waals surface area contributed by atoms with Crippen molar-refractivity contribution in [1.29, 1.82) is 0 Å². The highest BCUT2D eigenvalue weighted by Crippen LogP contribution is 2.35. The third-order valence-corrected chi connectivity index (χ3v) is 17.3. The number of carbonyl (C=O) groups is 8. The molecule has 0 radical (unpaired) electrons. The normalized spacial score (nSPS) is 22.5. The number of carboxylic acid groups (broad SMARTS) is 2. The zero-order chi connectivity index (χ0) is 66.8. The monoisotopic (exact) mass is 1320 g/mol. The molecule has 12 N–H and O–H groups in total. The number of aliphatic carboxylic acids is 2. The second-order valence-corrected chi connectivity index (χ2v) is 24.6. The molecule has 2 aliphatic heterocycles. The smallest absolute Gasteiger partial charge is 0.251 e. The Bertz CT molecular complexity index is 2830. The van der Waals surface area contributed by atoms with E-state index in [1.807, 2.05) is 60.7 Å². The first-order valence-electron chi connectivity index (χ1n) is 30.3. The standard InChI is InChI=1S/C64H84N6O20S2/c1-39(71)69-53-47(73)35-63(61(83)84,89-57(53)55(79)49(75)37-67-59(81)45-23-19-43(20-24-45)41-13-5-3-6-14-41)87-29-11-31-91-33-27-65-51(77)17-9-10-18-52(78)66-28-34-92-32-12-30-88-64(62(85)86)36-48(74)54(70-40(2)72)58(90-64)56(80)50(76)38-68-60(82)46-25-21-44(22-26-46)42-15-7-4-8-16-42/h3-8,13-16,19-26,47-50,53-58,73-76,79-80H,9-12,17-18,27-38H2,1-2H3,(H,65,77)(H,66,78)(H,67,81)(H,68,82)(H,69,71)(H,70,72)(H,83,84)(H,85,86)/p-2/t47-,48-,49+,50+,53+,54+,55+,56+,57+,58+,63+,64+/m0/s1. The molecule has 0 saturated carbocycles. The number of amides is 6. The fraction of sp³-hybridized carbons (Fsp3) is 0.500. The van der Waals surface area contributed by atoms with Gasteiger partial charge >= 0.3 is 0 Å². The lowest BCUT2D eigenvalue weighted by Crippen LogP contribution is -2.69. The molecule has 6 rings (SSSR count). The summed E-state index contributed by atoms with van der Waals surface area (Å²) in [5, 5.41) is 107. The van der Waals surface area contributed by atoms with E-state index < -0.39 is 134 Å². The predicted octanol–water partition coefficient (Wildman–Crippen LogP) is -1.10. The number of thioether (sulfide) groups is 2. The van der Waals surface area contributed by atoms with Gasteiger partial charge in [0.15, 0.2) is 0 Å². The lowest BCUT2D eigenvalue weighted by atomic mass is 9.88. The van der Waals surface area contributed by atoms with Gasteiger partial charge in [0.1, 0.15) is 36.4 Å². The molecule has 2 fully saturated rings. The van der Waals surface area contributed by atoms with E-state index in [2.05, 4.69) is 31.9 Å². The summed E-state index contributed by atoms with van der Waals surface area (Å²) in [6.07, 6.45) is -13.7. The Morgan fingerprint density at radius 1 is 0.511 bits per heavy atom. The van der Waals surface area contributed by atoms with Crippen molar-refractivity contribution in [2.24, 2.45) is 0 Å². The number of carbonyl (C=O) groups excluding carboxylic acids is 8. The molecule has 4 aromatic rings. The molecule has 4 aromatic carbocycles. The van der Waals surface area contributed by atoms with E-state index >= 15 is 0 Å². The topological polar surface area (TPSA) is 413 Å². The molecule has 0 spiro atoms. The number of aliphatic hydroxyl groups excluding tert-OH is 6. The van der Waals surface area contributed by atoms with Gasteiger partial charge in [-0.3, -0.25) is 28.8 Å². The van der Waals surface area contributed by atoms with Crippen molar-refractivity contribution in [3.8, 4) is 22.3 Å². The van der Waals surface area contributed by atoms with E-state index in [-0.39, 0.29) is 61.8 Å². The largest absolute Gasteiger partial charge is 0.544 e. The molecule has 0 aromatic heterocycles. The van der Waals surface area contributed by atoms with Crippen LogP contribution in [0.5, 0.6) is 0 Å². The molecule has 2 aliphatic rings. The molecule has 92 heavy (non-hydrogen) atoms. The van der Waals surface area contributed by atoms with Gasteiger partial charge in [-0.2, -0.15) is 23.5 Å². The van der Waals surface area contributed by atoms with E-state index in [1.54, 1.807) is 48.5 Å². The molecule has 28 heteroatoms. The van der Waals surface area contributed by atoms with Crippen LogP contribution >= 0.6 is 23.5 Å². The van der Waals surface area contributed by atoms with Crippen LogP contribution in [0.25, 0.3) is 22.3 Å². The van der Waals surface area contributed by atoms with Gasteiger partial charge in [-0.25, -0.2) is 0 Å². The highest BCUT2D eigenvalue weighted by molar-refractivity contribution is 7.99. The minimum Gasteiger partial charge on any atom is -0.544 e. The van der Waals surface area contributed by atoms with Crippen LogP contribution in [0.3, 0.4) is 0 Å². The number of benzene rings is 4. The maximum atomic E-state index is 13.0. The van der Waals surface area contributed by atoms with Crippen molar-refractivity contribution in [1.82, 2.24) is 31.9 Å². The maximum Gasteiger partial charge on any atom is 0.251 e. The quantitative estimate of drug-likeness (QED) is 0.0238. The van der Waals surface area contributed by atoms with Crippen molar-refractivity contribution < 1.29 is 98.2 Å². The minimum atomic E-state index is -2.58. The average molecular weight is 1320 g/mol. The van der Waals surface area contributed by atoms with Gasteiger partial charge in [0.25, 0.3) is 11.8 Å². The molecule has 2 heterocycles. The number of hydrogen-bond donors (Lipinski definition) is 12. The Morgan fingerprint density at radius 2 is 0.859 bits per heavy atom. The van der Waals surface area contributed by atoms with Crippen LogP contribution in [0.15, 0.2) is 109 Å². The van der Waals surface area contributed by atoms with E-state index in [0.29, 0.717) is 48.9 Å². The third kappa shape index (κ3) is 22.3. The van der Waals surface area contributed by atoms with E-state index in [4.69, 9.17) is 18.9 Å². The van der Waals surface area contributed by atoms with Crippen LogP contribution in [0.1, 0.15) is 85.9 Å². The summed E-state index contributed by atoms with van der Waals surface area (Å²) in [4.78, 5) is 100. The molecule has 0 aliphatic carbocycles. The summed E-state index contributed by atoms with van der Waals surface area (Å²) < 4.78 is 22.9. The number of carboxylic acids is 2. The van der Waals surface area contributed by atoms with Gasteiger partial charge in [-0.1, -0.05) is 84.9 Å². The Balaban J connectivity index is 0.813. The molecular formula is C64H82N6O20S2-2. The number of rotatable bonds is 37. The second kappa shape index (κ2) is 37.0. The zero-order valence-electron chi connectivity index (χ0n) is 51.1. The first-order valence-corrected chi connectivity index (χ1v) is 32.6. The number of nitrogens with one attached hydrogen (secondary N) is 6. The summed E-state index contributed by atoms with van der Waals surface area (Å²) in [6.45, 7) is 1.48. The summed E-state index contributed by atoms with van der Waals surface area (Å²) >= 11 is 2.87. The summed E-state index contributed by atoms with van der Waals surface area (Å²) in [7, 11) is 0. The van der Waals surface area contributed by atoms with Crippen molar-refractivity contribution in [2.75, 3.05) is 62.4 Å². The lowest BCUT2D eigenvalue weighted by Gasteiger charge is -2.49. The maximum absolute atomic E-state index is 13.0. The summed E-state index contributed by atoms with van der Waals surface area (Å²) in [5.74, 6) is -9.87. The average Bonchev–Trinajstić information content (AvgIpc) is 0.780. The summed E-state index contributed by atoms with van der Waals surface area (Å²) in [5.41, 5.74) is 4.15. The first-order chi connectivity index (χ1) is 44.0. The van der Waals surface area contributed by atoms with Crippen LogP contribution in [0.4, 0.5) is 0 Å². The highest BCUT2D eigenvalue weighted by atomic mass is 32.2. The van der Waals surface area contributed by atoms with Crippen LogP contribution in [0, 0.1) is 0 Å². The van der Waals surface area contributed by atoms with Crippen LogP contribution in [-0.4, -0.2) is 213 Å². The first kappa shape index (κ1) is 74.0. The number of hydrogen-bond acceptors (Lipinski definition) is 22. The van der Waals surface area contributed by atoms with Gasteiger partial charge in [0.05, 0.1) is 49.7 Å². The van der Waals surface area contributed by atoms with Gasteiger partial charge in [-0.05, 0) is 83.7 Å². The molecule has 6 amide bonds. The van der Waals surface area contributed by atoms with Gasteiger partial charge < -0.3 is 101 Å². The Hall–Kier alpha value is -7.06. The molecule has 12 atom stereocenters. The third-order valence-electron chi connectivity index (χ3n) is 15.2. The lowest BCUT2D eigenvalue weighted by molar-refractivity contribution is -0.382. The number of unbranched alkanes of at least 4 members (excludes halogenated alkanes) is 1. The van der Waals surface area contributed by atoms with E-state index in [0.717, 1.165) is 36.1 Å². The fourth-order valence-corrected chi connectivity index (χ4v) is 11.9. The summed E-state index contributed by atoms with van der Waals surface area (Å²) in [6, 6.07) is 29.6. The van der Waals surface area contributed by atoms with Gasteiger partial charge in [-0.15, -0.1) is 0 Å². The van der Waals surface area contributed by atoms with Crippen LogP contribution < -0.4 is 42.1 Å². The Kier molecular flexibility index (Phi) is 29.7. The fourth-order valence-electron chi connectivity index (χ4n) is 10.3. The van der Waals surface area contributed by atoms with E-state index in [1.165, 1.54) is 23.5 Å². The predicted molar refractivity (Wildman–Crippen MR) is 334 cm³/mol. The minimum absolute atomic E-state index is 0.184. The Morgan fingerprint density at radius 3 is 1.20 bits per heavy atom. The van der Waals surface area contributed by atoms with Crippen molar-refractivity contribution in [2.45, 2.75) is 138 Å². The molecule has 502 valence electrons. The Labute approximate surface area is 541 Å². The van der Waals surface area contributed by atoms with Crippen molar-refractivity contribution >= 4 is 70.9 Å². The number of aliphatic hydroxyl groups is 6. The molecule has 26 nitrogen and oxygen atoms in total. The molecular weight excluding hydrogens is 1240 g/mol. The van der Waals surface area contributed by atoms with Crippen molar-refractivity contribution in [3.63, 3.8) is 0 Å². The molecule has 2 saturated heterocycles. The zero-order valence-corrected chi connectivity index (χ0v) is 52.7. The van der Waals surface area contributed by atoms with E-state index in [9.17, 15) is 79.2 Å². The van der Waals surface area contributed by atoms with Crippen LogP contribution in [0.2, 0.25) is 0 Å². The van der Waals surface area contributed by atoms with Gasteiger partial charge in [0.2, 0.25) is 35.2 Å². The SMILES string of the molecule is CC(=O)N[C@H]1[C@H]([C@H](O)[C@H](O)CNC(=O)c2ccc(-c3ccccc3)cc2)O[C@@](OCCCSCCNC(=O)CCCCC(=O)NCCSCCCO[C@]2(C(=O)[O-])C[C@H](O)[C@@H](NC(C)=O)[C@H]([C@H](O)[C@H](O)CNC(=O)c3ccc(-c4ccccc4)cc3)O2)(C(=O)[O-])C[C@@H]1O. The molecule has 0 bridgehead atoms. The molecule has 0 unspecified atom stereocenters. The second-order valence-electron chi connectivity index (χ2n) is 22.2. The van der Waals surface area contributed by atoms with Crippen molar-refractivity contribution in [3.05, 3.63) is 120 Å². The highest BCUT2D eigenvalue weighted by Gasteiger charge is 2.54. The van der Waals surface area contributed by atoms with Crippen LogP contribution in [-0.2, 0) is 47.7 Å². The van der Waals surface area contributed by atoms with Gasteiger partial charge in [0, 0.05) is 88.3 Å².